The van der Waals surface area contributed by atoms with Gasteiger partial charge in [-0.15, -0.1) is 0 Å². The second-order valence-corrected chi connectivity index (χ2v) is 7.75. The van der Waals surface area contributed by atoms with E-state index in [1.165, 1.54) is 18.4 Å². The van der Waals surface area contributed by atoms with Crippen LogP contribution in [0.1, 0.15) is 31.2 Å². The van der Waals surface area contributed by atoms with Crippen LogP contribution in [0.15, 0.2) is 18.2 Å². The standard InChI is InChI=1S/C21H30N2O4/c24-21(23-8-10-25-11-9-23)6-4-17-2-1-7-22(15-17)16-18-3-5-19-20(14-18)27-13-12-26-19/h3,5,14,17H,1-2,4,6-13,15-16H2/t17-/m1/s1. The van der Waals surface area contributed by atoms with E-state index in [1.54, 1.807) is 0 Å². The fourth-order valence-corrected chi connectivity index (χ4v) is 4.27. The lowest BCUT2D eigenvalue weighted by atomic mass is 9.92. The molecule has 2 saturated heterocycles. The van der Waals surface area contributed by atoms with Gasteiger partial charge >= 0.3 is 0 Å². The Kier molecular flexibility index (Phi) is 6.14. The summed E-state index contributed by atoms with van der Waals surface area (Å²) in [6, 6.07) is 6.27. The molecular formula is C21H30N2O4. The molecule has 0 N–H and O–H groups in total. The Balaban J connectivity index is 1.26. The summed E-state index contributed by atoms with van der Waals surface area (Å²) in [5, 5.41) is 0. The molecule has 6 heteroatoms. The van der Waals surface area contributed by atoms with Crippen molar-refractivity contribution in [3.8, 4) is 11.5 Å². The molecule has 27 heavy (non-hydrogen) atoms. The first-order valence-electron chi connectivity index (χ1n) is 10.2. The van der Waals surface area contributed by atoms with Crippen LogP contribution in [-0.4, -0.2) is 68.3 Å². The van der Waals surface area contributed by atoms with Gasteiger partial charge in [-0.1, -0.05) is 6.07 Å². The monoisotopic (exact) mass is 374 g/mol. The summed E-state index contributed by atoms with van der Waals surface area (Å²) in [6.45, 7) is 7.25. The summed E-state index contributed by atoms with van der Waals surface area (Å²) in [5.41, 5.74) is 1.27. The van der Waals surface area contributed by atoms with Gasteiger partial charge in [-0.25, -0.2) is 0 Å². The highest BCUT2D eigenvalue weighted by molar-refractivity contribution is 5.76. The number of rotatable bonds is 5. The predicted molar refractivity (Wildman–Crippen MR) is 102 cm³/mol. The molecule has 3 aliphatic heterocycles. The summed E-state index contributed by atoms with van der Waals surface area (Å²) in [6.07, 6.45) is 4.10. The third-order valence-electron chi connectivity index (χ3n) is 5.75. The topological polar surface area (TPSA) is 51.2 Å². The summed E-state index contributed by atoms with van der Waals surface area (Å²) < 4.78 is 16.6. The number of carbonyl (C=O) groups excluding carboxylic acids is 1. The molecule has 0 saturated carbocycles. The average Bonchev–Trinajstić information content (AvgIpc) is 2.73. The molecule has 2 fully saturated rings. The molecule has 0 unspecified atom stereocenters. The molecule has 3 heterocycles. The molecule has 148 valence electrons. The quantitative estimate of drug-likeness (QED) is 0.792. The highest BCUT2D eigenvalue weighted by Crippen LogP contribution is 2.31. The fraction of sp³-hybridized carbons (Fsp3) is 0.667. The lowest BCUT2D eigenvalue weighted by molar-refractivity contribution is -0.135. The first-order chi connectivity index (χ1) is 13.3. The molecule has 0 spiro atoms. The van der Waals surface area contributed by atoms with Crippen molar-refractivity contribution in [3.63, 3.8) is 0 Å². The van der Waals surface area contributed by atoms with Crippen molar-refractivity contribution in [2.45, 2.75) is 32.2 Å². The van der Waals surface area contributed by atoms with Crippen molar-refractivity contribution in [2.24, 2.45) is 5.92 Å². The van der Waals surface area contributed by atoms with Crippen molar-refractivity contribution in [1.82, 2.24) is 9.80 Å². The first kappa shape index (κ1) is 18.6. The molecule has 1 atom stereocenters. The number of hydrogen-bond donors (Lipinski definition) is 0. The molecule has 1 aromatic carbocycles. The van der Waals surface area contributed by atoms with Crippen molar-refractivity contribution in [3.05, 3.63) is 23.8 Å². The maximum atomic E-state index is 12.4. The molecule has 0 aromatic heterocycles. The normalized spacial score (nSPS) is 23.3. The Morgan fingerprint density at radius 2 is 1.85 bits per heavy atom. The second-order valence-electron chi connectivity index (χ2n) is 7.75. The molecule has 1 amide bonds. The van der Waals surface area contributed by atoms with Crippen molar-refractivity contribution >= 4 is 5.91 Å². The number of piperidine rings is 1. The maximum absolute atomic E-state index is 12.4. The number of carbonyl (C=O) groups is 1. The van der Waals surface area contributed by atoms with Crippen LogP contribution in [0, 0.1) is 5.92 Å². The van der Waals surface area contributed by atoms with Crippen LogP contribution in [0.4, 0.5) is 0 Å². The van der Waals surface area contributed by atoms with Gasteiger partial charge in [-0.2, -0.15) is 0 Å². The van der Waals surface area contributed by atoms with Crippen LogP contribution in [0.5, 0.6) is 11.5 Å². The number of benzene rings is 1. The van der Waals surface area contributed by atoms with Crippen LogP contribution < -0.4 is 9.47 Å². The smallest absolute Gasteiger partial charge is 0.222 e. The molecular weight excluding hydrogens is 344 g/mol. The van der Waals surface area contributed by atoms with E-state index in [0.29, 0.717) is 44.7 Å². The SMILES string of the molecule is O=C(CC[C@H]1CCCN(Cc2ccc3c(c2)OCCO3)C1)N1CCOCC1. The minimum Gasteiger partial charge on any atom is -0.486 e. The van der Waals surface area contributed by atoms with Gasteiger partial charge in [-0.3, -0.25) is 9.69 Å². The highest BCUT2D eigenvalue weighted by atomic mass is 16.6. The lowest BCUT2D eigenvalue weighted by Crippen LogP contribution is -2.41. The van der Waals surface area contributed by atoms with Crippen molar-refractivity contribution in [1.29, 1.82) is 0 Å². The average molecular weight is 374 g/mol. The van der Waals surface area contributed by atoms with E-state index in [2.05, 4.69) is 17.0 Å². The molecule has 6 nitrogen and oxygen atoms in total. The van der Waals surface area contributed by atoms with Crippen LogP contribution in [0.25, 0.3) is 0 Å². The first-order valence-corrected chi connectivity index (χ1v) is 10.2. The Morgan fingerprint density at radius 3 is 2.70 bits per heavy atom. The van der Waals surface area contributed by atoms with E-state index in [0.717, 1.165) is 50.6 Å². The van der Waals surface area contributed by atoms with E-state index in [9.17, 15) is 4.79 Å². The molecule has 0 radical (unpaired) electrons. The zero-order chi connectivity index (χ0) is 18.5. The molecule has 0 aliphatic carbocycles. The molecule has 0 bridgehead atoms. The molecule has 4 rings (SSSR count). The number of amides is 1. The number of nitrogens with zero attached hydrogens (tertiary/aromatic N) is 2. The van der Waals surface area contributed by atoms with Crippen LogP contribution >= 0.6 is 0 Å². The summed E-state index contributed by atoms with van der Waals surface area (Å²) >= 11 is 0. The number of fused-ring (bicyclic) bond motifs is 1. The van der Waals surface area contributed by atoms with E-state index in [-0.39, 0.29) is 0 Å². The Bertz CT molecular complexity index is 645. The van der Waals surface area contributed by atoms with Gasteiger partial charge < -0.3 is 19.1 Å². The van der Waals surface area contributed by atoms with Crippen molar-refractivity contribution < 1.29 is 19.0 Å². The predicted octanol–water partition coefficient (Wildman–Crippen LogP) is 2.31. The van der Waals surface area contributed by atoms with Gasteiger partial charge in [0, 0.05) is 32.6 Å². The minimum absolute atomic E-state index is 0.294. The second kappa shape index (κ2) is 8.93. The van der Waals surface area contributed by atoms with Crippen molar-refractivity contribution in [2.75, 3.05) is 52.6 Å². The van der Waals surface area contributed by atoms with Crippen LogP contribution in [-0.2, 0) is 16.1 Å². The maximum Gasteiger partial charge on any atom is 0.222 e. The number of morpholine rings is 1. The lowest BCUT2D eigenvalue weighted by Gasteiger charge is -2.33. The van der Waals surface area contributed by atoms with Gasteiger partial charge in [-0.05, 0) is 49.4 Å². The third kappa shape index (κ3) is 4.93. The Labute approximate surface area is 161 Å². The number of likely N-dealkylation sites (tertiary alicyclic amines) is 1. The fourth-order valence-electron chi connectivity index (χ4n) is 4.27. The summed E-state index contributed by atoms with van der Waals surface area (Å²) in [7, 11) is 0. The Morgan fingerprint density at radius 1 is 1.04 bits per heavy atom. The van der Waals surface area contributed by atoms with E-state index >= 15 is 0 Å². The van der Waals surface area contributed by atoms with E-state index < -0.39 is 0 Å². The summed E-state index contributed by atoms with van der Waals surface area (Å²) in [4.78, 5) is 16.9. The van der Waals surface area contributed by atoms with Crippen LogP contribution in [0.2, 0.25) is 0 Å². The number of hydrogen-bond acceptors (Lipinski definition) is 5. The molecule has 1 aromatic rings. The highest BCUT2D eigenvalue weighted by Gasteiger charge is 2.23. The zero-order valence-electron chi connectivity index (χ0n) is 16.0. The Hall–Kier alpha value is -1.79. The van der Waals surface area contributed by atoms with E-state index in [4.69, 9.17) is 14.2 Å². The van der Waals surface area contributed by atoms with Gasteiger partial charge in [0.15, 0.2) is 11.5 Å². The van der Waals surface area contributed by atoms with Gasteiger partial charge in [0.25, 0.3) is 0 Å². The zero-order valence-corrected chi connectivity index (χ0v) is 16.0. The van der Waals surface area contributed by atoms with Gasteiger partial charge in [0.1, 0.15) is 13.2 Å². The van der Waals surface area contributed by atoms with Crippen LogP contribution in [0.3, 0.4) is 0 Å². The largest absolute Gasteiger partial charge is 0.486 e. The minimum atomic E-state index is 0.294. The van der Waals surface area contributed by atoms with Gasteiger partial charge in [0.2, 0.25) is 5.91 Å². The summed E-state index contributed by atoms with van der Waals surface area (Å²) in [5.74, 6) is 2.62. The number of ether oxygens (including phenoxy) is 3. The van der Waals surface area contributed by atoms with Gasteiger partial charge in [0.05, 0.1) is 13.2 Å². The van der Waals surface area contributed by atoms with E-state index in [1.807, 2.05) is 11.0 Å². The third-order valence-corrected chi connectivity index (χ3v) is 5.75. The molecule has 3 aliphatic rings.